The Balaban J connectivity index is 2.51. The molecule has 1 rings (SSSR count). The van der Waals surface area contributed by atoms with Crippen molar-refractivity contribution in [2.24, 2.45) is 5.41 Å². The van der Waals surface area contributed by atoms with E-state index >= 15 is 0 Å². The molecule has 0 aromatic rings. The molecule has 1 atom stereocenters. The lowest BCUT2D eigenvalue weighted by atomic mass is 9.85. The highest BCUT2D eigenvalue weighted by Gasteiger charge is 2.31. The summed E-state index contributed by atoms with van der Waals surface area (Å²) in [4.78, 5) is 11.7. The quantitative estimate of drug-likeness (QED) is 0.603. The molecular formula is C10H18O2. The molecule has 0 radical (unpaired) electrons. The normalized spacial score (nSPS) is 25.4. The SMILES string of the molecule is CC(C)(C)C(=O)C1CCCCO1. The second-order valence-electron chi connectivity index (χ2n) is 4.47. The number of ketones is 1. The fourth-order valence-electron chi connectivity index (χ4n) is 1.43. The third-order valence-electron chi connectivity index (χ3n) is 2.21. The van der Waals surface area contributed by atoms with E-state index in [-0.39, 0.29) is 17.3 Å². The molecule has 0 bridgehead atoms. The lowest BCUT2D eigenvalue weighted by Crippen LogP contribution is -2.36. The lowest BCUT2D eigenvalue weighted by Gasteiger charge is -2.27. The molecule has 2 nitrogen and oxygen atoms in total. The molecule has 1 aliphatic rings. The number of carbonyl (C=O) groups is 1. The van der Waals surface area contributed by atoms with Gasteiger partial charge >= 0.3 is 0 Å². The Hall–Kier alpha value is -0.370. The van der Waals surface area contributed by atoms with Crippen molar-refractivity contribution >= 4 is 5.78 Å². The number of hydrogen-bond acceptors (Lipinski definition) is 2. The zero-order chi connectivity index (χ0) is 9.19. The van der Waals surface area contributed by atoms with Crippen molar-refractivity contribution < 1.29 is 9.53 Å². The van der Waals surface area contributed by atoms with Crippen LogP contribution in [-0.4, -0.2) is 18.5 Å². The molecule has 0 spiro atoms. The molecule has 1 unspecified atom stereocenters. The van der Waals surface area contributed by atoms with Crippen LogP contribution in [0, 0.1) is 5.41 Å². The Morgan fingerprint density at radius 3 is 2.42 bits per heavy atom. The van der Waals surface area contributed by atoms with Crippen LogP contribution in [0.4, 0.5) is 0 Å². The van der Waals surface area contributed by atoms with Crippen LogP contribution < -0.4 is 0 Å². The third kappa shape index (κ3) is 2.31. The van der Waals surface area contributed by atoms with Crippen LogP contribution in [0.2, 0.25) is 0 Å². The molecule has 0 saturated carbocycles. The fraction of sp³-hybridized carbons (Fsp3) is 0.900. The summed E-state index contributed by atoms with van der Waals surface area (Å²) in [6.07, 6.45) is 3.02. The van der Waals surface area contributed by atoms with Crippen molar-refractivity contribution in [2.75, 3.05) is 6.61 Å². The summed E-state index contributed by atoms with van der Waals surface area (Å²) in [5.74, 6) is 0.252. The maximum Gasteiger partial charge on any atom is 0.166 e. The van der Waals surface area contributed by atoms with Crippen molar-refractivity contribution in [3.63, 3.8) is 0 Å². The molecule has 1 aliphatic heterocycles. The molecule has 0 N–H and O–H groups in total. The third-order valence-corrected chi connectivity index (χ3v) is 2.21. The van der Waals surface area contributed by atoms with Gasteiger partial charge in [0.2, 0.25) is 0 Å². The molecule has 0 aliphatic carbocycles. The van der Waals surface area contributed by atoms with Gasteiger partial charge in [0.15, 0.2) is 5.78 Å². The van der Waals surface area contributed by atoms with Gasteiger partial charge in [-0.05, 0) is 19.3 Å². The van der Waals surface area contributed by atoms with Crippen LogP contribution in [0.5, 0.6) is 0 Å². The fourth-order valence-corrected chi connectivity index (χ4v) is 1.43. The average molecular weight is 170 g/mol. The van der Waals surface area contributed by atoms with Crippen LogP contribution >= 0.6 is 0 Å². The van der Waals surface area contributed by atoms with Crippen LogP contribution in [0.15, 0.2) is 0 Å². The maximum atomic E-state index is 11.7. The van der Waals surface area contributed by atoms with Crippen molar-refractivity contribution in [2.45, 2.75) is 46.1 Å². The predicted molar refractivity (Wildman–Crippen MR) is 48.1 cm³/mol. The highest BCUT2D eigenvalue weighted by molar-refractivity contribution is 5.87. The Bertz CT molecular complexity index is 161. The monoisotopic (exact) mass is 170 g/mol. The molecular weight excluding hydrogens is 152 g/mol. The second kappa shape index (κ2) is 3.56. The largest absolute Gasteiger partial charge is 0.370 e. The molecule has 0 aromatic carbocycles. The van der Waals surface area contributed by atoms with E-state index < -0.39 is 0 Å². The molecule has 12 heavy (non-hydrogen) atoms. The van der Waals surface area contributed by atoms with Gasteiger partial charge in [-0.1, -0.05) is 20.8 Å². The highest BCUT2D eigenvalue weighted by Crippen LogP contribution is 2.23. The lowest BCUT2D eigenvalue weighted by molar-refractivity contribution is -0.141. The first kappa shape index (κ1) is 9.72. The molecule has 70 valence electrons. The van der Waals surface area contributed by atoms with Gasteiger partial charge in [0.25, 0.3) is 0 Å². The Morgan fingerprint density at radius 1 is 1.33 bits per heavy atom. The van der Waals surface area contributed by atoms with Gasteiger partial charge in [0.1, 0.15) is 6.10 Å². The minimum atomic E-state index is -0.248. The summed E-state index contributed by atoms with van der Waals surface area (Å²) in [5, 5.41) is 0. The molecule has 1 heterocycles. The Kier molecular flexibility index (Phi) is 2.89. The number of hydrogen-bond donors (Lipinski definition) is 0. The van der Waals surface area contributed by atoms with Crippen molar-refractivity contribution in [1.82, 2.24) is 0 Å². The number of ether oxygens (including phenoxy) is 1. The van der Waals surface area contributed by atoms with Crippen LogP contribution in [0.1, 0.15) is 40.0 Å². The zero-order valence-electron chi connectivity index (χ0n) is 8.22. The van der Waals surface area contributed by atoms with E-state index in [0.29, 0.717) is 0 Å². The molecule has 1 saturated heterocycles. The summed E-state index contributed by atoms with van der Waals surface area (Å²) in [6.45, 7) is 6.61. The first-order valence-electron chi connectivity index (χ1n) is 4.68. The van der Waals surface area contributed by atoms with E-state index in [1.54, 1.807) is 0 Å². The smallest absolute Gasteiger partial charge is 0.166 e. The maximum absolute atomic E-state index is 11.7. The van der Waals surface area contributed by atoms with Gasteiger partial charge in [0, 0.05) is 12.0 Å². The van der Waals surface area contributed by atoms with E-state index in [1.807, 2.05) is 20.8 Å². The number of Topliss-reactive ketones (excluding diaryl/α,β-unsaturated/α-hetero) is 1. The van der Waals surface area contributed by atoms with Gasteiger partial charge in [-0.25, -0.2) is 0 Å². The number of rotatable bonds is 1. The van der Waals surface area contributed by atoms with Crippen molar-refractivity contribution in [3.8, 4) is 0 Å². The van der Waals surface area contributed by atoms with Gasteiger partial charge in [-0.15, -0.1) is 0 Å². The molecule has 1 fully saturated rings. The summed E-state index contributed by atoms with van der Waals surface area (Å²) < 4.78 is 5.42. The average Bonchev–Trinajstić information content (AvgIpc) is 2.03. The summed E-state index contributed by atoms with van der Waals surface area (Å²) in [6, 6.07) is 0. The topological polar surface area (TPSA) is 26.3 Å². The van der Waals surface area contributed by atoms with Gasteiger partial charge in [0.05, 0.1) is 0 Å². The summed E-state index contributed by atoms with van der Waals surface area (Å²) in [7, 11) is 0. The van der Waals surface area contributed by atoms with Crippen molar-refractivity contribution in [3.05, 3.63) is 0 Å². The first-order valence-corrected chi connectivity index (χ1v) is 4.68. The van der Waals surface area contributed by atoms with E-state index in [0.717, 1.165) is 25.9 Å². The first-order chi connectivity index (χ1) is 5.52. The standard InChI is InChI=1S/C10H18O2/c1-10(2,3)9(11)8-6-4-5-7-12-8/h8H,4-7H2,1-3H3. The van der Waals surface area contributed by atoms with Gasteiger partial charge in [-0.2, -0.15) is 0 Å². The van der Waals surface area contributed by atoms with E-state index in [4.69, 9.17) is 4.74 Å². The summed E-state index contributed by atoms with van der Waals surface area (Å²) >= 11 is 0. The van der Waals surface area contributed by atoms with Gasteiger partial charge in [-0.3, -0.25) is 4.79 Å². The Labute approximate surface area is 74.3 Å². The minimum absolute atomic E-state index is 0.126. The molecule has 2 heteroatoms. The van der Waals surface area contributed by atoms with Crippen LogP contribution in [0.25, 0.3) is 0 Å². The predicted octanol–water partition coefficient (Wildman–Crippen LogP) is 2.17. The minimum Gasteiger partial charge on any atom is -0.370 e. The second-order valence-corrected chi connectivity index (χ2v) is 4.47. The van der Waals surface area contributed by atoms with Crippen LogP contribution in [0.3, 0.4) is 0 Å². The van der Waals surface area contributed by atoms with E-state index in [9.17, 15) is 4.79 Å². The molecule has 0 aromatic heterocycles. The number of carbonyl (C=O) groups excluding carboxylic acids is 1. The summed E-state index contributed by atoms with van der Waals surface area (Å²) in [5.41, 5.74) is -0.248. The zero-order valence-corrected chi connectivity index (χ0v) is 8.22. The van der Waals surface area contributed by atoms with E-state index in [2.05, 4.69) is 0 Å². The van der Waals surface area contributed by atoms with Crippen molar-refractivity contribution in [1.29, 1.82) is 0 Å². The van der Waals surface area contributed by atoms with Gasteiger partial charge < -0.3 is 4.74 Å². The van der Waals surface area contributed by atoms with E-state index in [1.165, 1.54) is 0 Å². The highest BCUT2D eigenvalue weighted by atomic mass is 16.5. The Morgan fingerprint density at radius 2 is 2.00 bits per heavy atom. The van der Waals surface area contributed by atoms with Crippen LogP contribution in [-0.2, 0) is 9.53 Å². The molecule has 0 amide bonds.